The lowest BCUT2D eigenvalue weighted by Crippen LogP contribution is -2.33. The minimum Gasteiger partial charge on any atom is -0.463 e. The second-order valence-corrected chi connectivity index (χ2v) is 9.64. The van der Waals surface area contributed by atoms with Crippen molar-refractivity contribution in [1.82, 2.24) is 10.3 Å². The summed E-state index contributed by atoms with van der Waals surface area (Å²) in [5.41, 5.74) is 5.22. The van der Waals surface area contributed by atoms with E-state index in [1.807, 2.05) is 97.1 Å². The van der Waals surface area contributed by atoms with Gasteiger partial charge in [0.2, 0.25) is 0 Å². The van der Waals surface area contributed by atoms with Gasteiger partial charge in [0.15, 0.2) is 0 Å². The molecule has 5 rings (SSSR count). The quantitative estimate of drug-likeness (QED) is 0.183. The van der Waals surface area contributed by atoms with Crippen LogP contribution in [-0.4, -0.2) is 30.1 Å². The van der Waals surface area contributed by atoms with Crippen molar-refractivity contribution in [2.24, 2.45) is 0 Å². The highest BCUT2D eigenvalue weighted by atomic mass is 35.5. The zero-order valence-corrected chi connectivity index (χ0v) is 23.5. The highest BCUT2D eigenvalue weighted by Crippen LogP contribution is 2.46. The van der Waals surface area contributed by atoms with Gasteiger partial charge in [-0.2, -0.15) is 0 Å². The van der Waals surface area contributed by atoms with Gasteiger partial charge in [0.1, 0.15) is 5.15 Å². The molecule has 0 saturated heterocycles. The summed E-state index contributed by atoms with van der Waals surface area (Å²) in [6, 6.07) is 30.6. The second-order valence-electron chi connectivity index (χ2n) is 9.28. The number of carbonyl (C=O) groups excluding carboxylic acids is 2. The Morgan fingerprint density at radius 1 is 0.707 bits per heavy atom. The molecule has 1 aromatic heterocycles. The highest BCUT2D eigenvalue weighted by molar-refractivity contribution is 6.30. The van der Waals surface area contributed by atoms with Crippen LogP contribution in [0.1, 0.15) is 36.5 Å². The fraction of sp³-hybridized carbons (Fsp3) is 0.147. The topological polar surface area (TPSA) is 77.5 Å². The predicted molar refractivity (Wildman–Crippen MR) is 161 cm³/mol. The van der Waals surface area contributed by atoms with E-state index in [9.17, 15) is 9.59 Å². The van der Waals surface area contributed by atoms with Gasteiger partial charge in [-0.15, -0.1) is 0 Å². The summed E-state index contributed by atoms with van der Waals surface area (Å²) in [6.07, 6.45) is 1.68. The fourth-order valence-corrected chi connectivity index (χ4v) is 5.19. The van der Waals surface area contributed by atoms with Crippen LogP contribution in [0, 0.1) is 0 Å². The molecule has 1 aliphatic rings. The number of nitrogens with one attached hydrogen (secondary N) is 1. The third-order valence-electron chi connectivity index (χ3n) is 6.77. The molecule has 6 nitrogen and oxygen atoms in total. The molecule has 1 aliphatic heterocycles. The number of hydrogen-bond acceptors (Lipinski definition) is 6. The Morgan fingerprint density at radius 2 is 1.15 bits per heavy atom. The largest absolute Gasteiger partial charge is 0.463 e. The Kier molecular flexibility index (Phi) is 8.61. The van der Waals surface area contributed by atoms with Gasteiger partial charge in [0.25, 0.3) is 0 Å². The maximum Gasteiger partial charge on any atom is 0.337 e. The van der Waals surface area contributed by atoms with Gasteiger partial charge >= 0.3 is 11.9 Å². The number of rotatable bonds is 8. The fourth-order valence-electron chi connectivity index (χ4n) is 4.98. The first-order chi connectivity index (χ1) is 20.0. The zero-order valence-electron chi connectivity index (χ0n) is 22.8. The van der Waals surface area contributed by atoms with Crippen LogP contribution in [0.3, 0.4) is 0 Å². The van der Waals surface area contributed by atoms with E-state index in [1.54, 1.807) is 20.0 Å². The van der Waals surface area contributed by atoms with Crippen molar-refractivity contribution < 1.29 is 19.1 Å². The number of hydrogen-bond donors (Lipinski definition) is 1. The number of nitrogens with zero attached hydrogens (tertiary/aromatic N) is 1. The molecule has 0 fully saturated rings. The van der Waals surface area contributed by atoms with Gasteiger partial charge in [0, 0.05) is 17.3 Å². The van der Waals surface area contributed by atoms with E-state index in [2.05, 4.69) is 10.3 Å². The number of dihydropyridines is 1. The minimum absolute atomic E-state index is 0.150. The molecule has 0 amide bonds. The van der Waals surface area contributed by atoms with Gasteiger partial charge in [-0.1, -0.05) is 103 Å². The molecule has 1 N–H and O–H groups in total. The van der Waals surface area contributed by atoms with E-state index in [0.717, 1.165) is 22.3 Å². The van der Waals surface area contributed by atoms with Crippen molar-refractivity contribution >= 4 is 34.9 Å². The molecule has 0 saturated carbocycles. The van der Waals surface area contributed by atoms with Gasteiger partial charge in [0.05, 0.1) is 41.7 Å². The first kappa shape index (κ1) is 27.9. The zero-order chi connectivity index (χ0) is 28.8. The summed E-state index contributed by atoms with van der Waals surface area (Å²) in [5, 5.41) is 3.59. The molecule has 3 aromatic carbocycles. The van der Waals surface area contributed by atoms with E-state index >= 15 is 0 Å². The summed E-state index contributed by atoms with van der Waals surface area (Å²) in [4.78, 5) is 32.2. The molecule has 0 spiro atoms. The first-order valence-electron chi connectivity index (χ1n) is 13.4. The van der Waals surface area contributed by atoms with Crippen LogP contribution in [0.5, 0.6) is 0 Å². The van der Waals surface area contributed by atoms with E-state index in [0.29, 0.717) is 17.0 Å². The Hall–Kier alpha value is -4.68. The van der Waals surface area contributed by atoms with Gasteiger partial charge in [-0.05, 0) is 36.6 Å². The number of benzene rings is 3. The molecule has 0 unspecified atom stereocenters. The van der Waals surface area contributed by atoms with Crippen molar-refractivity contribution in [3.05, 3.63) is 136 Å². The summed E-state index contributed by atoms with van der Waals surface area (Å²) in [5.74, 6) is -2.08. The van der Waals surface area contributed by atoms with Crippen molar-refractivity contribution in [1.29, 1.82) is 0 Å². The molecular weight excluding hydrogens is 536 g/mol. The van der Waals surface area contributed by atoms with Gasteiger partial charge in [-0.25, -0.2) is 14.6 Å². The highest BCUT2D eigenvalue weighted by Gasteiger charge is 2.42. The van der Waals surface area contributed by atoms with Crippen LogP contribution in [0.2, 0.25) is 5.15 Å². The summed E-state index contributed by atoms with van der Waals surface area (Å²) in [6.45, 7) is 3.79. The molecule has 0 radical (unpaired) electrons. The SMILES string of the molecule is CCOC(=O)C1=C(c2ccccc2)NC(c2ccccc2)=C(C(=O)OCC)C1c1cc(-c2ccccc2)cnc1Cl. The number of halogens is 1. The van der Waals surface area contributed by atoms with E-state index in [4.69, 9.17) is 21.1 Å². The number of pyridine rings is 1. The second kappa shape index (κ2) is 12.7. The van der Waals surface area contributed by atoms with Crippen LogP contribution in [0.25, 0.3) is 22.5 Å². The average molecular weight is 565 g/mol. The lowest BCUT2D eigenvalue weighted by atomic mass is 9.78. The van der Waals surface area contributed by atoms with Gasteiger partial charge in [-0.3, -0.25) is 0 Å². The molecule has 0 aliphatic carbocycles. The minimum atomic E-state index is -0.941. The van der Waals surface area contributed by atoms with E-state index in [1.165, 1.54) is 0 Å². The molecule has 4 aromatic rings. The maximum atomic E-state index is 13.8. The van der Waals surface area contributed by atoms with E-state index < -0.39 is 17.9 Å². The van der Waals surface area contributed by atoms with Crippen LogP contribution >= 0.6 is 11.6 Å². The molecule has 206 valence electrons. The van der Waals surface area contributed by atoms with Gasteiger partial charge < -0.3 is 14.8 Å². The van der Waals surface area contributed by atoms with Crippen molar-refractivity contribution in [3.8, 4) is 11.1 Å². The average Bonchev–Trinajstić information content (AvgIpc) is 3.02. The molecule has 7 heteroatoms. The third kappa shape index (κ3) is 5.79. The molecular formula is C34H29ClN2O4. The number of aromatic nitrogens is 1. The van der Waals surface area contributed by atoms with Crippen LogP contribution in [0.15, 0.2) is 114 Å². The lowest BCUT2D eigenvalue weighted by Gasteiger charge is -2.33. The summed E-state index contributed by atoms with van der Waals surface area (Å²) in [7, 11) is 0. The Bertz CT molecular complexity index is 1540. The number of ether oxygens (including phenoxy) is 2. The normalized spacial score (nSPS) is 13.5. The number of carbonyl (C=O) groups is 2. The lowest BCUT2D eigenvalue weighted by molar-refractivity contribution is -0.139. The summed E-state index contributed by atoms with van der Waals surface area (Å²) >= 11 is 6.82. The number of esters is 2. The molecule has 2 heterocycles. The Balaban J connectivity index is 1.87. The first-order valence-corrected chi connectivity index (χ1v) is 13.8. The van der Waals surface area contributed by atoms with Crippen molar-refractivity contribution in [3.63, 3.8) is 0 Å². The Morgan fingerprint density at radius 3 is 1.59 bits per heavy atom. The molecule has 0 atom stereocenters. The summed E-state index contributed by atoms with van der Waals surface area (Å²) < 4.78 is 11.2. The van der Waals surface area contributed by atoms with Crippen LogP contribution in [-0.2, 0) is 19.1 Å². The monoisotopic (exact) mass is 564 g/mol. The van der Waals surface area contributed by atoms with Crippen LogP contribution < -0.4 is 5.32 Å². The third-order valence-corrected chi connectivity index (χ3v) is 7.08. The Labute approximate surface area is 244 Å². The maximum absolute atomic E-state index is 13.8. The van der Waals surface area contributed by atoms with Crippen LogP contribution in [0.4, 0.5) is 0 Å². The predicted octanol–water partition coefficient (Wildman–Crippen LogP) is 7.04. The molecule has 0 bridgehead atoms. The molecule has 41 heavy (non-hydrogen) atoms. The van der Waals surface area contributed by atoms with Crippen molar-refractivity contribution in [2.75, 3.05) is 13.2 Å². The standard InChI is InChI=1S/C34H29ClN2O4/c1-3-40-33(38)28-27(26-20-25(21-36-32(26)35)22-14-8-5-9-15-22)29(34(39)41-4-2)31(24-18-12-7-13-19-24)37-30(28)23-16-10-6-11-17-23/h5-21,27,37H,3-4H2,1-2H3. The smallest absolute Gasteiger partial charge is 0.337 e. The van der Waals surface area contributed by atoms with Crippen molar-refractivity contribution in [2.45, 2.75) is 19.8 Å². The van der Waals surface area contributed by atoms with E-state index in [-0.39, 0.29) is 29.5 Å².